The number of fused-ring (bicyclic) bond motifs is 1. The summed E-state index contributed by atoms with van der Waals surface area (Å²) in [5.74, 6) is 0.574. The Morgan fingerprint density at radius 2 is 2.09 bits per heavy atom. The Morgan fingerprint density at radius 1 is 1.35 bits per heavy atom. The number of Topliss-reactive ketones (excluding diaryl/α,β-unsaturated/α-hetero) is 1. The quantitative estimate of drug-likeness (QED) is 0.846. The van der Waals surface area contributed by atoms with Gasteiger partial charge in [0.15, 0.2) is 5.78 Å². The fraction of sp³-hybridized carbons (Fsp3) is 0.500. The molecule has 0 aliphatic heterocycles. The van der Waals surface area contributed by atoms with Crippen LogP contribution in [0, 0.1) is 28.6 Å². The van der Waals surface area contributed by atoms with Crippen molar-refractivity contribution >= 4 is 5.78 Å². The Morgan fingerprint density at radius 3 is 2.78 bits per heavy atom. The van der Waals surface area contributed by atoms with E-state index in [-0.39, 0.29) is 23.2 Å². The Kier molecular flexibility index (Phi) is 4.37. The molecule has 0 N–H and O–H groups in total. The number of hydrogen-bond acceptors (Lipinski definition) is 3. The Labute approximate surface area is 138 Å². The first-order valence-electron chi connectivity index (χ1n) is 8.35. The standard InChI is InChI=1S/C20H23NO2/c1-14-17-10-18(22)16(12-21)11-20(17,2)9-8-19(14)23-13-15-6-4-3-5-7-15/h3-7,11,14,17,19H,8-10,13H2,1-2H3/t14-,17-,19-,20+/m0/s1. The van der Waals surface area contributed by atoms with Crippen LogP contribution >= 0.6 is 0 Å². The molecule has 2 aliphatic carbocycles. The fourth-order valence-electron chi connectivity index (χ4n) is 4.19. The Hall–Kier alpha value is -1.92. The molecule has 0 bridgehead atoms. The lowest BCUT2D eigenvalue weighted by Gasteiger charge is -2.48. The highest BCUT2D eigenvalue weighted by molar-refractivity contribution is 6.00. The maximum absolute atomic E-state index is 12.1. The molecule has 3 nitrogen and oxygen atoms in total. The molecule has 0 radical (unpaired) electrons. The average Bonchev–Trinajstić information content (AvgIpc) is 2.56. The smallest absolute Gasteiger partial charge is 0.173 e. The average molecular weight is 309 g/mol. The van der Waals surface area contributed by atoms with Gasteiger partial charge in [0.05, 0.1) is 18.3 Å². The van der Waals surface area contributed by atoms with E-state index >= 15 is 0 Å². The first-order chi connectivity index (χ1) is 11.0. The summed E-state index contributed by atoms with van der Waals surface area (Å²) in [7, 11) is 0. The minimum atomic E-state index is -0.0506. The maximum atomic E-state index is 12.1. The van der Waals surface area contributed by atoms with Crippen LogP contribution in [0.2, 0.25) is 0 Å². The molecule has 0 aromatic heterocycles. The molecule has 0 heterocycles. The molecule has 3 heteroatoms. The summed E-state index contributed by atoms with van der Waals surface area (Å²) in [4.78, 5) is 12.1. The second-order valence-electron chi connectivity index (χ2n) is 7.14. The minimum absolute atomic E-state index is 0.00876. The van der Waals surface area contributed by atoms with Crippen LogP contribution in [0.4, 0.5) is 0 Å². The van der Waals surface area contributed by atoms with E-state index in [1.165, 1.54) is 5.56 Å². The molecule has 0 amide bonds. The van der Waals surface area contributed by atoms with Gasteiger partial charge in [0, 0.05) is 6.42 Å². The first-order valence-corrected chi connectivity index (χ1v) is 8.35. The van der Waals surface area contributed by atoms with Gasteiger partial charge in [-0.15, -0.1) is 0 Å². The summed E-state index contributed by atoms with van der Waals surface area (Å²) in [5, 5.41) is 9.13. The number of carbonyl (C=O) groups is 1. The molecule has 120 valence electrons. The molecule has 4 atom stereocenters. The number of carbonyl (C=O) groups excluding carboxylic acids is 1. The summed E-state index contributed by atoms with van der Waals surface area (Å²) >= 11 is 0. The molecular weight excluding hydrogens is 286 g/mol. The normalized spacial score (nSPS) is 33.5. The summed E-state index contributed by atoms with van der Waals surface area (Å²) in [6.07, 6.45) is 4.53. The lowest BCUT2D eigenvalue weighted by molar-refractivity contribution is -0.123. The minimum Gasteiger partial charge on any atom is -0.373 e. The zero-order chi connectivity index (χ0) is 16.4. The van der Waals surface area contributed by atoms with Crippen LogP contribution in [-0.2, 0) is 16.1 Å². The van der Waals surface area contributed by atoms with E-state index in [4.69, 9.17) is 10.00 Å². The van der Waals surface area contributed by atoms with Crippen molar-refractivity contribution in [3.05, 3.63) is 47.5 Å². The molecule has 0 spiro atoms. The number of nitriles is 1. The van der Waals surface area contributed by atoms with E-state index < -0.39 is 0 Å². The molecule has 2 aliphatic rings. The van der Waals surface area contributed by atoms with Crippen molar-refractivity contribution in [3.8, 4) is 6.07 Å². The lowest BCUT2D eigenvalue weighted by Crippen LogP contribution is -2.46. The first kappa shape index (κ1) is 16.0. The fourth-order valence-corrected chi connectivity index (χ4v) is 4.19. The van der Waals surface area contributed by atoms with Gasteiger partial charge >= 0.3 is 0 Å². The van der Waals surface area contributed by atoms with Gasteiger partial charge in [0.1, 0.15) is 6.07 Å². The highest BCUT2D eigenvalue weighted by atomic mass is 16.5. The largest absolute Gasteiger partial charge is 0.373 e. The van der Waals surface area contributed by atoms with Gasteiger partial charge in [-0.2, -0.15) is 5.26 Å². The maximum Gasteiger partial charge on any atom is 0.173 e. The summed E-state index contributed by atoms with van der Waals surface area (Å²) in [6.45, 7) is 4.99. The van der Waals surface area contributed by atoms with Crippen molar-refractivity contribution in [1.29, 1.82) is 5.26 Å². The predicted octanol–water partition coefficient (Wildman–Crippen LogP) is 4.05. The summed E-state index contributed by atoms with van der Waals surface area (Å²) in [6, 6.07) is 12.3. The molecule has 1 saturated carbocycles. The van der Waals surface area contributed by atoms with Crippen LogP contribution < -0.4 is 0 Å². The lowest BCUT2D eigenvalue weighted by atomic mass is 9.57. The molecule has 0 saturated heterocycles. The van der Waals surface area contributed by atoms with E-state index in [9.17, 15) is 4.79 Å². The number of allylic oxidation sites excluding steroid dienone is 2. The van der Waals surface area contributed by atoms with E-state index in [0.29, 0.717) is 24.5 Å². The highest BCUT2D eigenvalue weighted by Gasteiger charge is 2.47. The molecule has 1 fully saturated rings. The van der Waals surface area contributed by atoms with Crippen LogP contribution in [-0.4, -0.2) is 11.9 Å². The monoisotopic (exact) mass is 309 g/mol. The Balaban J connectivity index is 1.71. The number of hydrogen-bond donors (Lipinski definition) is 0. The molecule has 23 heavy (non-hydrogen) atoms. The third kappa shape index (κ3) is 3.09. The molecule has 1 aromatic carbocycles. The zero-order valence-electron chi connectivity index (χ0n) is 13.8. The van der Waals surface area contributed by atoms with Crippen LogP contribution in [0.5, 0.6) is 0 Å². The Bertz CT molecular complexity index is 658. The van der Waals surface area contributed by atoms with Crippen molar-refractivity contribution in [2.45, 2.75) is 45.8 Å². The van der Waals surface area contributed by atoms with Crippen molar-refractivity contribution in [1.82, 2.24) is 0 Å². The molecule has 1 aromatic rings. The number of rotatable bonds is 3. The molecule has 0 unspecified atom stereocenters. The summed E-state index contributed by atoms with van der Waals surface area (Å²) in [5.41, 5.74) is 1.48. The van der Waals surface area contributed by atoms with E-state index in [1.54, 1.807) is 0 Å². The van der Waals surface area contributed by atoms with Crippen molar-refractivity contribution in [2.24, 2.45) is 17.3 Å². The summed E-state index contributed by atoms with van der Waals surface area (Å²) < 4.78 is 6.17. The zero-order valence-corrected chi connectivity index (χ0v) is 13.8. The van der Waals surface area contributed by atoms with Crippen molar-refractivity contribution < 1.29 is 9.53 Å². The molecule has 3 rings (SSSR count). The number of benzene rings is 1. The van der Waals surface area contributed by atoms with Gasteiger partial charge < -0.3 is 4.74 Å². The van der Waals surface area contributed by atoms with Gasteiger partial charge in [-0.25, -0.2) is 0 Å². The second kappa shape index (κ2) is 6.29. The van der Waals surface area contributed by atoms with Gasteiger partial charge in [-0.05, 0) is 35.7 Å². The third-order valence-corrected chi connectivity index (χ3v) is 5.64. The number of ether oxygens (including phenoxy) is 1. The number of nitrogens with zero attached hydrogens (tertiary/aromatic N) is 1. The van der Waals surface area contributed by atoms with Gasteiger partial charge in [0.25, 0.3) is 0 Å². The SMILES string of the molecule is C[C@@H]1[C@@H](OCc2ccccc2)CC[C@]2(C)C=C(C#N)C(=O)C[C@@H]12. The van der Waals surface area contributed by atoms with Crippen molar-refractivity contribution in [3.63, 3.8) is 0 Å². The van der Waals surface area contributed by atoms with Crippen LogP contribution in [0.1, 0.15) is 38.7 Å². The topological polar surface area (TPSA) is 50.1 Å². The van der Waals surface area contributed by atoms with Gasteiger partial charge in [-0.3, -0.25) is 4.79 Å². The van der Waals surface area contributed by atoms with Crippen LogP contribution in [0.3, 0.4) is 0 Å². The second-order valence-corrected chi connectivity index (χ2v) is 7.14. The third-order valence-electron chi connectivity index (χ3n) is 5.64. The molecular formula is C20H23NO2. The van der Waals surface area contributed by atoms with E-state index in [2.05, 4.69) is 32.0 Å². The van der Waals surface area contributed by atoms with Crippen LogP contribution in [0.25, 0.3) is 0 Å². The van der Waals surface area contributed by atoms with Gasteiger partial charge in [-0.1, -0.05) is 50.3 Å². The highest BCUT2D eigenvalue weighted by Crippen LogP contribution is 2.51. The van der Waals surface area contributed by atoms with E-state index in [1.807, 2.05) is 24.3 Å². The van der Waals surface area contributed by atoms with Gasteiger partial charge in [0.2, 0.25) is 0 Å². The number of ketones is 1. The van der Waals surface area contributed by atoms with Crippen molar-refractivity contribution in [2.75, 3.05) is 0 Å². The van der Waals surface area contributed by atoms with E-state index in [0.717, 1.165) is 12.8 Å². The van der Waals surface area contributed by atoms with Crippen LogP contribution in [0.15, 0.2) is 42.0 Å². The predicted molar refractivity (Wildman–Crippen MR) is 88.3 cm³/mol.